The Kier molecular flexibility index (Phi) is 4.67. The molecule has 0 aromatic carbocycles. The van der Waals surface area contributed by atoms with Crippen molar-refractivity contribution in [3.05, 3.63) is 35.9 Å². The largest absolute Gasteiger partial charge is 0.342 e. The average Bonchev–Trinajstić information content (AvgIpc) is 3.36. The molecule has 1 aromatic heterocycles. The van der Waals surface area contributed by atoms with Crippen LogP contribution in [0.5, 0.6) is 0 Å². The first-order valence-electron chi connectivity index (χ1n) is 11.0. The molecule has 1 saturated carbocycles. The van der Waals surface area contributed by atoms with Crippen molar-refractivity contribution in [1.29, 1.82) is 0 Å². The Morgan fingerprint density at radius 3 is 2.62 bits per heavy atom. The van der Waals surface area contributed by atoms with Gasteiger partial charge in [0, 0.05) is 38.2 Å². The standard InChI is InChI=1S/C23H30N4O2/c1-16-12-25-19(13-24-16)14-27-15-23(5-4-21(27)28)6-8-26(9-7-23)22(29)20-11-17-2-3-18(20)10-17/h2-3,12-13,17-18,20H,4-11,14-15H2,1H3/t17-,18+,20+/m0/s1. The van der Waals surface area contributed by atoms with Crippen LogP contribution < -0.4 is 0 Å². The predicted octanol–water partition coefficient (Wildman–Crippen LogP) is 2.73. The summed E-state index contributed by atoms with van der Waals surface area (Å²) in [6, 6.07) is 0. The summed E-state index contributed by atoms with van der Waals surface area (Å²) in [6.45, 7) is 4.90. The minimum atomic E-state index is 0.150. The third-order valence-corrected chi connectivity index (χ3v) is 7.67. The van der Waals surface area contributed by atoms with E-state index in [-0.39, 0.29) is 17.2 Å². The number of carbonyl (C=O) groups excluding carboxylic acids is 2. The Hall–Kier alpha value is -2.24. The molecule has 3 atom stereocenters. The fourth-order valence-electron chi connectivity index (χ4n) is 5.85. The summed E-state index contributed by atoms with van der Waals surface area (Å²) in [5.41, 5.74) is 1.88. The van der Waals surface area contributed by atoms with Crippen molar-refractivity contribution in [2.45, 2.75) is 52.0 Å². The van der Waals surface area contributed by atoms with E-state index in [2.05, 4.69) is 27.0 Å². The molecule has 0 radical (unpaired) electrons. The fourth-order valence-corrected chi connectivity index (χ4v) is 5.85. The third kappa shape index (κ3) is 3.58. The molecule has 1 spiro atoms. The highest BCUT2D eigenvalue weighted by molar-refractivity contribution is 5.80. The molecule has 3 heterocycles. The van der Waals surface area contributed by atoms with E-state index in [1.165, 1.54) is 6.42 Å². The quantitative estimate of drug-likeness (QED) is 0.740. The fraction of sp³-hybridized carbons (Fsp3) is 0.652. The van der Waals surface area contributed by atoms with Gasteiger partial charge in [0.15, 0.2) is 0 Å². The predicted molar refractivity (Wildman–Crippen MR) is 109 cm³/mol. The summed E-state index contributed by atoms with van der Waals surface area (Å²) in [6.07, 6.45) is 13.9. The van der Waals surface area contributed by atoms with Crippen LogP contribution in [0, 0.1) is 30.1 Å². The number of likely N-dealkylation sites (tertiary alicyclic amines) is 2. The zero-order valence-corrected chi connectivity index (χ0v) is 17.2. The molecule has 2 bridgehead atoms. The number of aromatic nitrogens is 2. The highest BCUT2D eigenvalue weighted by Gasteiger charge is 2.45. The van der Waals surface area contributed by atoms with Crippen molar-refractivity contribution >= 4 is 11.8 Å². The summed E-state index contributed by atoms with van der Waals surface area (Å²) in [4.78, 5) is 38.4. The van der Waals surface area contributed by atoms with Crippen molar-refractivity contribution in [2.24, 2.45) is 23.2 Å². The summed E-state index contributed by atoms with van der Waals surface area (Å²) < 4.78 is 0. The lowest BCUT2D eigenvalue weighted by Gasteiger charge is -2.47. The van der Waals surface area contributed by atoms with Crippen LogP contribution in [-0.4, -0.2) is 51.2 Å². The van der Waals surface area contributed by atoms with Crippen LogP contribution in [0.1, 0.15) is 49.9 Å². The maximum Gasteiger partial charge on any atom is 0.226 e. The molecule has 3 fully saturated rings. The molecule has 2 amide bonds. The van der Waals surface area contributed by atoms with Crippen molar-refractivity contribution < 1.29 is 9.59 Å². The van der Waals surface area contributed by atoms with Gasteiger partial charge in [-0.2, -0.15) is 0 Å². The van der Waals surface area contributed by atoms with Gasteiger partial charge in [-0.3, -0.25) is 19.6 Å². The van der Waals surface area contributed by atoms with Gasteiger partial charge >= 0.3 is 0 Å². The van der Waals surface area contributed by atoms with Gasteiger partial charge in [0.05, 0.1) is 24.1 Å². The summed E-state index contributed by atoms with van der Waals surface area (Å²) in [7, 11) is 0. The van der Waals surface area contributed by atoms with E-state index in [0.717, 1.165) is 56.7 Å². The number of nitrogens with zero attached hydrogens (tertiary/aromatic N) is 4. The number of amides is 2. The number of piperidine rings is 2. The van der Waals surface area contributed by atoms with Gasteiger partial charge in [-0.1, -0.05) is 12.2 Å². The molecule has 4 aliphatic rings. The average molecular weight is 395 g/mol. The second-order valence-electron chi connectivity index (χ2n) is 9.61. The molecular formula is C23H30N4O2. The van der Waals surface area contributed by atoms with Crippen LogP contribution in [0.4, 0.5) is 0 Å². The molecule has 29 heavy (non-hydrogen) atoms. The van der Waals surface area contributed by atoms with Crippen molar-refractivity contribution in [3.8, 4) is 0 Å². The molecule has 154 valence electrons. The van der Waals surface area contributed by atoms with E-state index < -0.39 is 0 Å². The normalized spacial score (nSPS) is 30.4. The summed E-state index contributed by atoms with van der Waals surface area (Å²) in [5.74, 6) is 1.90. The monoisotopic (exact) mass is 394 g/mol. The van der Waals surface area contributed by atoms with Gasteiger partial charge in [0.2, 0.25) is 11.8 Å². The second-order valence-corrected chi connectivity index (χ2v) is 9.61. The number of allylic oxidation sites excluding steroid dienone is 2. The smallest absolute Gasteiger partial charge is 0.226 e. The Morgan fingerprint density at radius 1 is 1.14 bits per heavy atom. The molecule has 1 aromatic rings. The van der Waals surface area contributed by atoms with Crippen LogP contribution in [0.25, 0.3) is 0 Å². The number of rotatable bonds is 3. The molecule has 2 aliphatic heterocycles. The number of fused-ring (bicyclic) bond motifs is 2. The first kappa shape index (κ1) is 18.8. The SMILES string of the molecule is Cc1cnc(CN2CC3(CCC2=O)CCN(C(=O)[C@@H]2C[C@H]4C=C[C@@H]2C4)CC3)cn1. The van der Waals surface area contributed by atoms with Crippen LogP contribution in [0.2, 0.25) is 0 Å². The van der Waals surface area contributed by atoms with Gasteiger partial charge < -0.3 is 9.80 Å². The molecule has 6 heteroatoms. The number of carbonyl (C=O) groups is 2. The highest BCUT2D eigenvalue weighted by atomic mass is 16.2. The molecule has 2 aliphatic carbocycles. The minimum Gasteiger partial charge on any atom is -0.342 e. The first-order valence-corrected chi connectivity index (χ1v) is 11.0. The van der Waals surface area contributed by atoms with Gasteiger partial charge in [-0.25, -0.2) is 0 Å². The van der Waals surface area contributed by atoms with Crippen molar-refractivity contribution in [1.82, 2.24) is 19.8 Å². The molecule has 0 N–H and O–H groups in total. The zero-order chi connectivity index (χ0) is 20.0. The lowest BCUT2D eigenvalue weighted by atomic mass is 9.72. The number of hydrogen-bond donors (Lipinski definition) is 0. The van der Waals surface area contributed by atoms with Crippen LogP contribution in [0.15, 0.2) is 24.5 Å². The van der Waals surface area contributed by atoms with E-state index in [4.69, 9.17) is 0 Å². The van der Waals surface area contributed by atoms with Crippen LogP contribution in [-0.2, 0) is 16.1 Å². The van der Waals surface area contributed by atoms with Crippen molar-refractivity contribution in [2.75, 3.05) is 19.6 Å². The molecule has 2 saturated heterocycles. The highest BCUT2D eigenvalue weighted by Crippen LogP contribution is 2.46. The summed E-state index contributed by atoms with van der Waals surface area (Å²) in [5, 5.41) is 0. The maximum absolute atomic E-state index is 13.1. The van der Waals surface area contributed by atoms with Gasteiger partial charge in [-0.15, -0.1) is 0 Å². The Balaban J connectivity index is 1.20. The Bertz CT molecular complexity index is 826. The topological polar surface area (TPSA) is 66.4 Å². The van der Waals surface area contributed by atoms with E-state index >= 15 is 0 Å². The Morgan fingerprint density at radius 2 is 1.97 bits per heavy atom. The Labute approximate surface area is 172 Å². The van der Waals surface area contributed by atoms with Gasteiger partial charge in [-0.05, 0) is 56.3 Å². The third-order valence-electron chi connectivity index (χ3n) is 7.67. The minimum absolute atomic E-state index is 0.150. The second kappa shape index (κ2) is 7.22. The van der Waals surface area contributed by atoms with Gasteiger partial charge in [0.1, 0.15) is 0 Å². The van der Waals surface area contributed by atoms with E-state index in [1.807, 2.05) is 11.8 Å². The van der Waals surface area contributed by atoms with Crippen LogP contribution in [0.3, 0.4) is 0 Å². The zero-order valence-electron chi connectivity index (χ0n) is 17.2. The number of aryl methyl sites for hydroxylation is 1. The van der Waals surface area contributed by atoms with Crippen LogP contribution >= 0.6 is 0 Å². The molecule has 6 nitrogen and oxygen atoms in total. The summed E-state index contributed by atoms with van der Waals surface area (Å²) >= 11 is 0. The van der Waals surface area contributed by atoms with Gasteiger partial charge in [0.25, 0.3) is 0 Å². The maximum atomic E-state index is 13.1. The first-order chi connectivity index (χ1) is 14.0. The lowest BCUT2D eigenvalue weighted by Crippen LogP contribution is -2.53. The molecule has 5 rings (SSSR count). The molecule has 0 unspecified atom stereocenters. The van der Waals surface area contributed by atoms with E-state index in [1.54, 1.807) is 12.4 Å². The van der Waals surface area contributed by atoms with E-state index in [9.17, 15) is 9.59 Å². The van der Waals surface area contributed by atoms with E-state index in [0.29, 0.717) is 30.7 Å². The van der Waals surface area contributed by atoms with Crippen molar-refractivity contribution in [3.63, 3.8) is 0 Å². The molecular weight excluding hydrogens is 364 g/mol. The lowest BCUT2D eigenvalue weighted by molar-refractivity contribution is -0.145. The number of hydrogen-bond acceptors (Lipinski definition) is 4.